The molecule has 0 bridgehead atoms. The predicted octanol–water partition coefficient (Wildman–Crippen LogP) is 2.10. The van der Waals surface area contributed by atoms with E-state index >= 15 is 0 Å². The molecule has 2 N–H and O–H groups in total. The van der Waals surface area contributed by atoms with Crippen molar-refractivity contribution in [2.45, 2.75) is 24.6 Å². The molecule has 104 valence electrons. The van der Waals surface area contributed by atoms with Gasteiger partial charge in [0.15, 0.2) is 0 Å². The van der Waals surface area contributed by atoms with Gasteiger partial charge in [0.1, 0.15) is 5.76 Å². The summed E-state index contributed by atoms with van der Waals surface area (Å²) in [5.41, 5.74) is 0. The van der Waals surface area contributed by atoms with Crippen molar-refractivity contribution in [3.8, 4) is 0 Å². The molecule has 0 amide bonds. The van der Waals surface area contributed by atoms with E-state index in [-0.39, 0.29) is 11.1 Å². The molecule has 0 unspecified atom stereocenters. The number of sulfonamides is 1. The van der Waals surface area contributed by atoms with Crippen molar-refractivity contribution in [2.75, 3.05) is 7.05 Å². The van der Waals surface area contributed by atoms with Crippen molar-refractivity contribution in [1.29, 1.82) is 0 Å². The number of nitrogens with one attached hydrogen (secondary N) is 2. The van der Waals surface area contributed by atoms with Gasteiger partial charge in [0.25, 0.3) is 10.0 Å². The van der Waals surface area contributed by atoms with Crippen LogP contribution in [-0.2, 0) is 16.6 Å². The van der Waals surface area contributed by atoms with Crippen LogP contribution < -0.4 is 10.0 Å². The van der Waals surface area contributed by atoms with Gasteiger partial charge in [-0.3, -0.25) is 0 Å². The van der Waals surface area contributed by atoms with E-state index in [4.69, 9.17) is 4.42 Å². The molecule has 0 radical (unpaired) electrons. The highest BCUT2D eigenvalue weighted by molar-refractivity contribution is 7.89. The minimum Gasteiger partial charge on any atom is -0.447 e. The number of hydrogen-bond donors (Lipinski definition) is 2. The summed E-state index contributed by atoms with van der Waals surface area (Å²) >= 11 is 1.68. The Bertz CT molecular complexity index is 617. The Balaban J connectivity index is 1.98. The van der Waals surface area contributed by atoms with Gasteiger partial charge in [0.05, 0.1) is 6.54 Å². The van der Waals surface area contributed by atoms with E-state index in [1.807, 2.05) is 11.4 Å². The van der Waals surface area contributed by atoms with Crippen molar-refractivity contribution in [3.05, 3.63) is 40.3 Å². The average molecular weight is 300 g/mol. The van der Waals surface area contributed by atoms with Gasteiger partial charge in [0.2, 0.25) is 5.09 Å². The van der Waals surface area contributed by atoms with Crippen LogP contribution in [0.4, 0.5) is 0 Å². The highest BCUT2D eigenvalue weighted by Crippen LogP contribution is 2.19. The molecule has 0 spiro atoms. The molecule has 0 aliphatic rings. The first-order valence-corrected chi connectivity index (χ1v) is 8.18. The van der Waals surface area contributed by atoms with Crippen LogP contribution in [0.15, 0.2) is 39.2 Å². The lowest BCUT2D eigenvalue weighted by molar-refractivity contribution is 0.393. The topological polar surface area (TPSA) is 71.3 Å². The van der Waals surface area contributed by atoms with Gasteiger partial charge >= 0.3 is 0 Å². The van der Waals surface area contributed by atoms with E-state index in [2.05, 4.69) is 23.0 Å². The molecule has 19 heavy (non-hydrogen) atoms. The monoisotopic (exact) mass is 300 g/mol. The fourth-order valence-electron chi connectivity index (χ4n) is 1.59. The van der Waals surface area contributed by atoms with Crippen molar-refractivity contribution in [3.63, 3.8) is 0 Å². The maximum atomic E-state index is 11.5. The van der Waals surface area contributed by atoms with Gasteiger partial charge in [-0.1, -0.05) is 6.07 Å². The van der Waals surface area contributed by atoms with Crippen LogP contribution in [-0.4, -0.2) is 15.5 Å². The summed E-state index contributed by atoms with van der Waals surface area (Å²) < 4.78 is 30.5. The summed E-state index contributed by atoms with van der Waals surface area (Å²) in [4.78, 5) is 1.23. The summed E-state index contributed by atoms with van der Waals surface area (Å²) in [6, 6.07) is 7.38. The fourth-order valence-corrected chi connectivity index (χ4v) is 3.01. The lowest BCUT2D eigenvalue weighted by Crippen LogP contribution is -2.18. The maximum absolute atomic E-state index is 11.5. The second-order valence-corrected chi connectivity index (χ2v) is 6.84. The van der Waals surface area contributed by atoms with Crippen LogP contribution in [0.5, 0.6) is 0 Å². The molecule has 2 rings (SSSR count). The second-order valence-electron chi connectivity index (χ2n) is 4.05. The maximum Gasteiger partial charge on any atom is 0.273 e. The van der Waals surface area contributed by atoms with Crippen molar-refractivity contribution < 1.29 is 12.8 Å². The molecule has 0 aromatic carbocycles. The molecule has 2 heterocycles. The number of rotatable bonds is 6. The molecule has 1 atom stereocenters. The summed E-state index contributed by atoms with van der Waals surface area (Å²) in [5.74, 6) is 0.595. The molecule has 0 fully saturated rings. The van der Waals surface area contributed by atoms with Gasteiger partial charge in [-0.15, -0.1) is 11.3 Å². The van der Waals surface area contributed by atoms with Crippen molar-refractivity contribution in [1.82, 2.24) is 10.0 Å². The molecular formula is C12H16N2O3S2. The Morgan fingerprint density at radius 3 is 2.79 bits per heavy atom. The van der Waals surface area contributed by atoms with Crippen LogP contribution in [0.1, 0.15) is 23.6 Å². The lowest BCUT2D eigenvalue weighted by atomic mass is 10.2. The van der Waals surface area contributed by atoms with Crippen LogP contribution in [0, 0.1) is 0 Å². The zero-order valence-electron chi connectivity index (χ0n) is 10.7. The lowest BCUT2D eigenvalue weighted by Gasteiger charge is -2.10. The Morgan fingerprint density at radius 2 is 2.16 bits per heavy atom. The Morgan fingerprint density at radius 1 is 1.37 bits per heavy atom. The Labute approximate surface area is 116 Å². The van der Waals surface area contributed by atoms with E-state index in [1.54, 1.807) is 17.4 Å². The predicted molar refractivity (Wildman–Crippen MR) is 74.5 cm³/mol. The smallest absolute Gasteiger partial charge is 0.273 e. The van der Waals surface area contributed by atoms with E-state index < -0.39 is 10.0 Å². The third-order valence-corrected chi connectivity index (χ3v) is 5.06. The molecule has 7 heteroatoms. The minimum absolute atomic E-state index is 0.0597. The third kappa shape index (κ3) is 3.44. The molecule has 0 saturated heterocycles. The van der Waals surface area contributed by atoms with Gasteiger partial charge in [-0.2, -0.15) is 0 Å². The average Bonchev–Trinajstić information content (AvgIpc) is 3.07. The quantitative estimate of drug-likeness (QED) is 0.857. The Kier molecular flexibility index (Phi) is 4.41. The van der Waals surface area contributed by atoms with Gasteiger partial charge in [-0.05, 0) is 37.6 Å². The zero-order chi connectivity index (χ0) is 13.9. The highest BCUT2D eigenvalue weighted by Gasteiger charge is 2.16. The third-order valence-electron chi connectivity index (χ3n) is 2.72. The van der Waals surface area contributed by atoms with E-state index in [1.165, 1.54) is 18.0 Å². The summed E-state index contributed by atoms with van der Waals surface area (Å²) in [6.45, 7) is 2.54. The van der Waals surface area contributed by atoms with Crippen LogP contribution >= 0.6 is 11.3 Å². The first kappa shape index (κ1) is 14.3. The molecule has 5 nitrogen and oxygen atoms in total. The fraction of sp³-hybridized carbons (Fsp3) is 0.333. The number of hydrogen-bond acceptors (Lipinski definition) is 5. The van der Waals surface area contributed by atoms with Gasteiger partial charge < -0.3 is 9.73 Å². The normalized spacial score (nSPS) is 13.6. The summed E-state index contributed by atoms with van der Waals surface area (Å²) in [6.07, 6.45) is 0. The van der Waals surface area contributed by atoms with Crippen LogP contribution in [0.25, 0.3) is 0 Å². The summed E-state index contributed by atoms with van der Waals surface area (Å²) in [5, 5.41) is 5.25. The van der Waals surface area contributed by atoms with E-state index in [9.17, 15) is 8.42 Å². The molecule has 0 aliphatic heterocycles. The first-order valence-electron chi connectivity index (χ1n) is 5.82. The van der Waals surface area contributed by atoms with Gasteiger partial charge in [-0.25, -0.2) is 13.1 Å². The number of furan rings is 1. The SMILES string of the molecule is CNS(=O)(=O)c1ccc(CN[C@H](C)c2cccs2)o1. The molecule has 0 aliphatic carbocycles. The highest BCUT2D eigenvalue weighted by atomic mass is 32.2. The van der Waals surface area contributed by atoms with Crippen LogP contribution in [0.2, 0.25) is 0 Å². The molecule has 2 aromatic rings. The van der Waals surface area contributed by atoms with Gasteiger partial charge in [0, 0.05) is 10.9 Å². The second kappa shape index (κ2) is 5.87. The number of thiophene rings is 1. The molecular weight excluding hydrogens is 284 g/mol. The largest absolute Gasteiger partial charge is 0.447 e. The van der Waals surface area contributed by atoms with Crippen molar-refractivity contribution in [2.24, 2.45) is 0 Å². The van der Waals surface area contributed by atoms with Crippen molar-refractivity contribution >= 4 is 21.4 Å². The summed E-state index contributed by atoms with van der Waals surface area (Å²) in [7, 11) is -2.15. The Hall–Kier alpha value is -1.15. The standard InChI is InChI=1S/C12H16N2O3S2/c1-9(11-4-3-7-18-11)14-8-10-5-6-12(17-10)19(15,16)13-2/h3-7,9,13-14H,8H2,1-2H3/t9-/m1/s1. The zero-order valence-corrected chi connectivity index (χ0v) is 12.3. The van der Waals surface area contributed by atoms with E-state index in [0.717, 1.165) is 0 Å². The first-order chi connectivity index (χ1) is 9.03. The van der Waals surface area contributed by atoms with Crippen LogP contribution in [0.3, 0.4) is 0 Å². The van der Waals surface area contributed by atoms with E-state index in [0.29, 0.717) is 12.3 Å². The minimum atomic E-state index is -3.50. The molecule has 0 saturated carbocycles. The molecule has 2 aromatic heterocycles.